The van der Waals surface area contributed by atoms with Crippen LogP contribution in [0.2, 0.25) is 0 Å². The van der Waals surface area contributed by atoms with E-state index in [1.165, 1.54) is 25.0 Å². The molecular formula is C29H37FN6O4S. The van der Waals surface area contributed by atoms with Crippen LogP contribution in [-0.2, 0) is 17.1 Å². The van der Waals surface area contributed by atoms with Crippen LogP contribution in [0.15, 0.2) is 41.4 Å². The lowest BCUT2D eigenvalue weighted by Gasteiger charge is -2.35. The van der Waals surface area contributed by atoms with Gasteiger partial charge in [-0.05, 0) is 68.4 Å². The lowest BCUT2D eigenvalue weighted by Crippen LogP contribution is -2.36. The molecule has 0 bridgehead atoms. The summed E-state index contributed by atoms with van der Waals surface area (Å²) in [4.78, 5) is 22.6. The average molecular weight is 585 g/mol. The molecule has 220 valence electrons. The number of nitrogens with zero attached hydrogens (tertiary/aromatic N) is 4. The molecule has 12 heteroatoms. The molecule has 1 amide bonds. The Kier molecular flexibility index (Phi) is 6.98. The summed E-state index contributed by atoms with van der Waals surface area (Å²) in [6.45, 7) is 3.41. The summed E-state index contributed by atoms with van der Waals surface area (Å²) in [5.74, 6) is 0.567. The molecule has 3 aliphatic rings. The van der Waals surface area contributed by atoms with Crippen LogP contribution in [0.3, 0.4) is 0 Å². The Balaban J connectivity index is 1.33. The fraction of sp³-hybridized carbons (Fsp3) is 0.517. The van der Waals surface area contributed by atoms with Gasteiger partial charge in [0.15, 0.2) is 5.82 Å². The summed E-state index contributed by atoms with van der Waals surface area (Å²) in [5.41, 5.74) is 0.871. The number of sulfonamides is 1. The minimum Gasteiger partial charge on any atom is -0.395 e. The Morgan fingerprint density at radius 2 is 1.80 bits per heavy atom. The molecule has 4 heterocycles. The first-order chi connectivity index (χ1) is 19.5. The Hall–Kier alpha value is -3.22. The summed E-state index contributed by atoms with van der Waals surface area (Å²) in [6.07, 6.45) is 6.78. The van der Waals surface area contributed by atoms with Gasteiger partial charge in [-0.1, -0.05) is 0 Å². The smallest absolute Gasteiger partial charge is 0.258 e. The first kappa shape index (κ1) is 27.9. The molecule has 2 aliphatic heterocycles. The predicted octanol–water partition coefficient (Wildman–Crippen LogP) is 3.41. The number of carbonyl (C=O) groups excluding carboxylic acids is 1. The molecule has 6 rings (SSSR count). The van der Waals surface area contributed by atoms with Gasteiger partial charge in [0, 0.05) is 51.2 Å². The maximum atomic E-state index is 14.8. The minimum atomic E-state index is -3.86. The number of halogens is 1. The molecule has 1 spiro atoms. The van der Waals surface area contributed by atoms with Gasteiger partial charge in [0.1, 0.15) is 11.5 Å². The van der Waals surface area contributed by atoms with Gasteiger partial charge in [-0.2, -0.15) is 0 Å². The maximum absolute atomic E-state index is 14.8. The number of aryl methyl sites for hydroxylation is 1. The minimum absolute atomic E-state index is 0.0404. The van der Waals surface area contributed by atoms with E-state index < -0.39 is 21.6 Å². The van der Waals surface area contributed by atoms with Crippen molar-refractivity contribution in [1.82, 2.24) is 14.3 Å². The second kappa shape index (κ2) is 10.2. The molecule has 2 saturated heterocycles. The highest BCUT2D eigenvalue weighted by Crippen LogP contribution is 2.54. The maximum Gasteiger partial charge on any atom is 0.258 e. The highest BCUT2D eigenvalue weighted by atomic mass is 32.2. The lowest BCUT2D eigenvalue weighted by atomic mass is 9.93. The largest absolute Gasteiger partial charge is 0.395 e. The first-order valence-electron chi connectivity index (χ1n) is 14.2. The number of piperidine rings is 1. The predicted molar refractivity (Wildman–Crippen MR) is 157 cm³/mol. The van der Waals surface area contributed by atoms with E-state index in [9.17, 15) is 17.6 Å². The molecule has 1 aromatic carbocycles. The number of aromatic nitrogens is 2. The van der Waals surface area contributed by atoms with Crippen LogP contribution in [0.5, 0.6) is 0 Å². The van der Waals surface area contributed by atoms with E-state index in [2.05, 4.69) is 14.9 Å². The highest BCUT2D eigenvalue weighted by molar-refractivity contribution is 7.89. The van der Waals surface area contributed by atoms with E-state index in [1.807, 2.05) is 28.8 Å². The zero-order chi connectivity index (χ0) is 29.0. The topological polar surface area (TPSA) is 120 Å². The molecule has 1 unspecified atom stereocenters. The van der Waals surface area contributed by atoms with Gasteiger partial charge in [0.2, 0.25) is 10.0 Å². The Bertz CT molecular complexity index is 1590. The lowest BCUT2D eigenvalue weighted by molar-refractivity contribution is 0.102. The number of hydrogen-bond donors (Lipinski definition) is 3. The number of benzene rings is 1. The van der Waals surface area contributed by atoms with Gasteiger partial charge in [-0.3, -0.25) is 4.79 Å². The number of alkyl halides is 1. The molecule has 1 aliphatic carbocycles. The van der Waals surface area contributed by atoms with Gasteiger partial charge in [0.25, 0.3) is 5.91 Å². The zero-order valence-electron chi connectivity index (χ0n) is 23.5. The Morgan fingerprint density at radius 3 is 2.46 bits per heavy atom. The average Bonchev–Trinajstić information content (AvgIpc) is 3.44. The molecule has 3 aromatic rings. The quantitative estimate of drug-likeness (QED) is 0.371. The van der Waals surface area contributed by atoms with E-state index in [0.717, 1.165) is 36.8 Å². The zero-order valence-corrected chi connectivity index (χ0v) is 24.3. The number of pyridine rings is 1. The second-order valence-electron chi connectivity index (χ2n) is 12.0. The second-order valence-corrected chi connectivity index (χ2v) is 13.8. The van der Waals surface area contributed by atoms with Crippen molar-refractivity contribution in [3.63, 3.8) is 0 Å². The van der Waals surface area contributed by atoms with Crippen LogP contribution in [0.1, 0.15) is 49.4 Å². The number of fused-ring (bicyclic) bond motifs is 1. The summed E-state index contributed by atoms with van der Waals surface area (Å²) in [5, 5.41) is 12.9. The molecule has 41 heavy (non-hydrogen) atoms. The van der Waals surface area contributed by atoms with Crippen molar-refractivity contribution < 1.29 is 22.7 Å². The molecule has 2 aromatic heterocycles. The molecule has 3 N–H and O–H groups in total. The molecule has 0 radical (unpaired) electrons. The standard InChI is InChI=1S/C29H37FN6O4S/c1-28(30)8-13-36(19-28)26-25-20(5-12-34(25)2)17-24(32-26)33-27(38)22-4-3-21(41(39,40)31-11-16-37)18-23(22)35-14-9-29(6-7-29)10-15-35/h3-5,12,17-18,31,37H,6-11,13-16,19H2,1-2H3,(H,32,33,38). The Morgan fingerprint density at radius 1 is 1.07 bits per heavy atom. The van der Waals surface area contributed by atoms with Crippen molar-refractivity contribution in [3.8, 4) is 0 Å². The number of nitrogens with one attached hydrogen (secondary N) is 2. The third kappa shape index (κ3) is 5.52. The van der Waals surface area contributed by atoms with Crippen LogP contribution in [0, 0.1) is 5.41 Å². The number of amides is 1. The fourth-order valence-electron chi connectivity index (χ4n) is 6.17. The summed E-state index contributed by atoms with van der Waals surface area (Å²) >= 11 is 0. The Labute approximate surface area is 239 Å². The van der Waals surface area contributed by atoms with Gasteiger partial charge in [-0.25, -0.2) is 22.5 Å². The van der Waals surface area contributed by atoms with Gasteiger partial charge < -0.3 is 24.8 Å². The summed E-state index contributed by atoms with van der Waals surface area (Å²) < 4.78 is 44.8. The SMILES string of the molecule is Cn1ccc2cc(NC(=O)c3ccc(S(=O)(=O)NCCO)cc3N3CCC4(CC3)CC4)nc(N3CCC(C)(F)C3)c21. The van der Waals surface area contributed by atoms with E-state index in [4.69, 9.17) is 10.1 Å². The molecular weight excluding hydrogens is 547 g/mol. The van der Waals surface area contributed by atoms with E-state index in [-0.39, 0.29) is 24.6 Å². The highest BCUT2D eigenvalue weighted by Gasteiger charge is 2.45. The molecule has 10 nitrogen and oxygen atoms in total. The molecule has 3 fully saturated rings. The van der Waals surface area contributed by atoms with Crippen molar-refractivity contribution in [2.45, 2.75) is 49.6 Å². The third-order valence-electron chi connectivity index (χ3n) is 8.85. The van der Waals surface area contributed by atoms with Gasteiger partial charge in [0.05, 0.1) is 34.8 Å². The number of hydrogen-bond acceptors (Lipinski definition) is 7. The number of anilines is 3. The van der Waals surface area contributed by atoms with Crippen molar-refractivity contribution in [1.29, 1.82) is 0 Å². The third-order valence-corrected chi connectivity index (χ3v) is 10.3. The van der Waals surface area contributed by atoms with Crippen molar-refractivity contribution in [2.24, 2.45) is 12.5 Å². The number of aliphatic hydroxyl groups is 1. The molecule has 1 atom stereocenters. The van der Waals surface area contributed by atoms with Crippen LogP contribution in [0.4, 0.5) is 21.7 Å². The normalized spacial score (nSPS) is 22.0. The molecule has 1 saturated carbocycles. The summed E-state index contributed by atoms with van der Waals surface area (Å²) in [7, 11) is -1.95. The van der Waals surface area contributed by atoms with E-state index in [0.29, 0.717) is 41.3 Å². The van der Waals surface area contributed by atoms with Crippen molar-refractivity contribution in [3.05, 3.63) is 42.1 Å². The first-order valence-corrected chi connectivity index (χ1v) is 15.7. The van der Waals surface area contributed by atoms with Crippen molar-refractivity contribution >= 4 is 44.2 Å². The summed E-state index contributed by atoms with van der Waals surface area (Å²) in [6, 6.07) is 8.24. The van der Waals surface area contributed by atoms with Gasteiger partial charge >= 0.3 is 0 Å². The number of rotatable bonds is 8. The fourth-order valence-corrected chi connectivity index (χ4v) is 7.21. The van der Waals surface area contributed by atoms with Crippen LogP contribution in [0.25, 0.3) is 10.9 Å². The van der Waals surface area contributed by atoms with Crippen molar-refractivity contribution in [2.75, 3.05) is 54.4 Å². The number of aliphatic hydroxyl groups excluding tert-OH is 1. The van der Waals surface area contributed by atoms with Crippen LogP contribution < -0.4 is 19.8 Å². The van der Waals surface area contributed by atoms with Crippen LogP contribution >= 0.6 is 0 Å². The van der Waals surface area contributed by atoms with E-state index >= 15 is 0 Å². The number of carbonyl (C=O) groups is 1. The monoisotopic (exact) mass is 584 g/mol. The van der Waals surface area contributed by atoms with E-state index in [1.54, 1.807) is 19.1 Å². The van der Waals surface area contributed by atoms with Gasteiger partial charge in [-0.15, -0.1) is 0 Å². The van der Waals surface area contributed by atoms with Crippen LogP contribution in [-0.4, -0.2) is 74.0 Å².